The molecule has 2 amide bonds. The van der Waals surface area contributed by atoms with Crippen molar-refractivity contribution in [1.82, 2.24) is 10.2 Å². The fourth-order valence-corrected chi connectivity index (χ4v) is 5.32. The summed E-state index contributed by atoms with van der Waals surface area (Å²) < 4.78 is 41.8. The van der Waals surface area contributed by atoms with E-state index < -0.39 is 45.8 Å². The standard InChI is InChI=1S/C31H38FN3O4S/c1-22-13-12-18-27(23(22)2)35(40(6,38)39)21-29(36)34(20-25-16-10-11-17-26(25)32)28(30(37)33-31(3,4)5)19-24-14-8-7-9-15-24/h7-18,28H,19-21H2,1-6H3,(H,33,37)/t28-/m0/s1. The maximum Gasteiger partial charge on any atom is 0.244 e. The van der Waals surface area contributed by atoms with Crippen molar-refractivity contribution in [3.63, 3.8) is 0 Å². The fraction of sp³-hybridized carbons (Fsp3) is 0.355. The van der Waals surface area contributed by atoms with E-state index in [-0.39, 0.29) is 18.5 Å². The van der Waals surface area contributed by atoms with Crippen LogP contribution in [0.15, 0.2) is 72.8 Å². The van der Waals surface area contributed by atoms with Crippen LogP contribution in [0, 0.1) is 19.7 Å². The lowest BCUT2D eigenvalue weighted by Crippen LogP contribution is -2.56. The van der Waals surface area contributed by atoms with Crippen LogP contribution < -0.4 is 9.62 Å². The zero-order valence-electron chi connectivity index (χ0n) is 23.9. The summed E-state index contributed by atoms with van der Waals surface area (Å²) in [5, 5.41) is 2.95. The van der Waals surface area contributed by atoms with E-state index in [0.29, 0.717) is 11.3 Å². The zero-order chi connectivity index (χ0) is 29.7. The van der Waals surface area contributed by atoms with E-state index in [0.717, 1.165) is 21.7 Å². The number of benzene rings is 3. The number of hydrogen-bond donors (Lipinski definition) is 1. The minimum absolute atomic E-state index is 0.158. The third kappa shape index (κ3) is 8.14. The molecule has 0 heterocycles. The SMILES string of the molecule is Cc1cccc(N(CC(=O)N(Cc2ccccc2F)[C@@H](Cc2ccccc2)C(=O)NC(C)(C)C)S(C)(=O)=O)c1C. The first-order valence-electron chi connectivity index (χ1n) is 13.1. The van der Waals surface area contributed by atoms with Crippen LogP contribution >= 0.6 is 0 Å². The van der Waals surface area contributed by atoms with E-state index in [9.17, 15) is 22.4 Å². The van der Waals surface area contributed by atoms with Crippen LogP contribution in [0.3, 0.4) is 0 Å². The molecule has 0 aliphatic rings. The Hall–Kier alpha value is -3.72. The molecule has 214 valence electrons. The van der Waals surface area contributed by atoms with Gasteiger partial charge in [-0.2, -0.15) is 0 Å². The summed E-state index contributed by atoms with van der Waals surface area (Å²) in [7, 11) is -3.89. The van der Waals surface area contributed by atoms with Crippen molar-refractivity contribution in [2.24, 2.45) is 0 Å². The average Bonchev–Trinajstić information content (AvgIpc) is 2.86. The van der Waals surface area contributed by atoms with Gasteiger partial charge >= 0.3 is 0 Å². The predicted octanol–water partition coefficient (Wildman–Crippen LogP) is 4.76. The van der Waals surface area contributed by atoms with Crippen molar-refractivity contribution in [3.8, 4) is 0 Å². The number of nitrogens with one attached hydrogen (secondary N) is 1. The topological polar surface area (TPSA) is 86.8 Å². The van der Waals surface area contributed by atoms with E-state index in [1.165, 1.54) is 11.0 Å². The van der Waals surface area contributed by atoms with Crippen molar-refractivity contribution in [2.45, 2.75) is 59.2 Å². The molecule has 40 heavy (non-hydrogen) atoms. The molecule has 0 aliphatic heterocycles. The summed E-state index contributed by atoms with van der Waals surface area (Å²) in [4.78, 5) is 29.1. The summed E-state index contributed by atoms with van der Waals surface area (Å²) in [5.74, 6) is -1.57. The van der Waals surface area contributed by atoms with Gasteiger partial charge in [0, 0.05) is 24.1 Å². The molecule has 0 unspecified atom stereocenters. The van der Waals surface area contributed by atoms with Gasteiger partial charge in [0.2, 0.25) is 21.8 Å². The van der Waals surface area contributed by atoms with Crippen molar-refractivity contribution in [3.05, 3.63) is 101 Å². The zero-order valence-corrected chi connectivity index (χ0v) is 24.8. The van der Waals surface area contributed by atoms with Crippen molar-refractivity contribution >= 4 is 27.5 Å². The molecule has 1 atom stereocenters. The molecule has 3 aromatic carbocycles. The van der Waals surface area contributed by atoms with E-state index >= 15 is 0 Å². The molecule has 3 rings (SSSR count). The minimum Gasteiger partial charge on any atom is -0.350 e. The Kier molecular flexibility index (Phi) is 9.73. The van der Waals surface area contributed by atoms with Crippen molar-refractivity contribution < 1.29 is 22.4 Å². The number of halogens is 1. The number of nitrogens with zero attached hydrogens (tertiary/aromatic N) is 2. The quantitative estimate of drug-likeness (QED) is 0.383. The molecule has 0 saturated heterocycles. The summed E-state index contributed by atoms with van der Waals surface area (Å²) in [6, 6.07) is 19.5. The lowest BCUT2D eigenvalue weighted by molar-refractivity contribution is -0.140. The van der Waals surface area contributed by atoms with Gasteiger partial charge < -0.3 is 10.2 Å². The number of carbonyl (C=O) groups excluding carboxylic acids is 2. The Labute approximate surface area is 237 Å². The molecule has 0 aromatic heterocycles. The summed E-state index contributed by atoms with van der Waals surface area (Å²) in [6.07, 6.45) is 1.20. The van der Waals surface area contributed by atoms with Gasteiger partial charge in [-0.15, -0.1) is 0 Å². The second-order valence-corrected chi connectivity index (χ2v) is 13.0. The highest BCUT2D eigenvalue weighted by molar-refractivity contribution is 7.92. The molecule has 9 heteroatoms. The lowest BCUT2D eigenvalue weighted by atomic mass is 10.0. The Morgan fingerprint density at radius 3 is 2.15 bits per heavy atom. The normalized spacial score (nSPS) is 12.5. The van der Waals surface area contributed by atoms with Gasteiger partial charge in [0.15, 0.2) is 0 Å². The van der Waals surface area contributed by atoms with Crippen LogP contribution in [0.5, 0.6) is 0 Å². The summed E-state index contributed by atoms with van der Waals surface area (Å²) in [6.45, 7) is 8.38. The van der Waals surface area contributed by atoms with E-state index in [1.54, 1.807) is 37.3 Å². The number of aryl methyl sites for hydroxylation is 1. The second-order valence-electron chi connectivity index (χ2n) is 11.0. The molecule has 0 bridgehead atoms. The summed E-state index contributed by atoms with van der Waals surface area (Å²) >= 11 is 0. The van der Waals surface area contributed by atoms with Crippen LogP contribution in [0.1, 0.15) is 43.0 Å². The van der Waals surface area contributed by atoms with Crippen LogP contribution in [0.2, 0.25) is 0 Å². The van der Waals surface area contributed by atoms with Crippen LogP contribution in [-0.2, 0) is 32.6 Å². The molecule has 3 aromatic rings. The highest BCUT2D eigenvalue weighted by Gasteiger charge is 2.35. The number of sulfonamides is 1. The minimum atomic E-state index is -3.89. The van der Waals surface area contributed by atoms with E-state index in [1.807, 2.05) is 64.1 Å². The Balaban J connectivity index is 2.11. The van der Waals surface area contributed by atoms with Gasteiger partial charge in [0.05, 0.1) is 11.9 Å². The predicted molar refractivity (Wildman–Crippen MR) is 157 cm³/mol. The number of hydrogen-bond acceptors (Lipinski definition) is 4. The maximum absolute atomic E-state index is 14.8. The Morgan fingerprint density at radius 2 is 1.55 bits per heavy atom. The number of amides is 2. The molecular formula is C31H38FN3O4S. The van der Waals surface area contributed by atoms with E-state index in [2.05, 4.69) is 5.32 Å². The third-order valence-corrected chi connectivity index (χ3v) is 7.72. The molecule has 0 radical (unpaired) electrons. The van der Waals surface area contributed by atoms with E-state index in [4.69, 9.17) is 0 Å². The molecule has 7 nitrogen and oxygen atoms in total. The van der Waals surface area contributed by atoms with Crippen molar-refractivity contribution in [2.75, 3.05) is 17.1 Å². The second kappa shape index (κ2) is 12.6. The highest BCUT2D eigenvalue weighted by atomic mass is 32.2. The monoisotopic (exact) mass is 567 g/mol. The Bertz CT molecular complexity index is 1450. The smallest absolute Gasteiger partial charge is 0.244 e. The maximum atomic E-state index is 14.8. The molecule has 0 spiro atoms. The van der Waals surface area contributed by atoms with Gasteiger partial charge in [0.25, 0.3) is 0 Å². The fourth-order valence-electron chi connectivity index (χ4n) is 4.42. The third-order valence-electron chi connectivity index (χ3n) is 6.59. The molecule has 0 aliphatic carbocycles. The average molecular weight is 568 g/mol. The largest absolute Gasteiger partial charge is 0.350 e. The molecule has 1 N–H and O–H groups in total. The van der Waals surface area contributed by atoms with Crippen molar-refractivity contribution in [1.29, 1.82) is 0 Å². The van der Waals surface area contributed by atoms with Gasteiger partial charge in [-0.05, 0) is 63.4 Å². The number of anilines is 1. The lowest BCUT2D eigenvalue weighted by Gasteiger charge is -2.35. The molecule has 0 saturated carbocycles. The van der Waals surface area contributed by atoms with Crippen LogP contribution in [-0.4, -0.2) is 49.5 Å². The first-order chi connectivity index (χ1) is 18.7. The summed E-state index contributed by atoms with van der Waals surface area (Å²) in [5.41, 5.74) is 2.38. The van der Waals surface area contributed by atoms with Crippen LogP contribution in [0.25, 0.3) is 0 Å². The molecule has 0 fully saturated rings. The highest BCUT2D eigenvalue weighted by Crippen LogP contribution is 2.26. The number of carbonyl (C=O) groups is 2. The number of rotatable bonds is 10. The van der Waals surface area contributed by atoms with Crippen LogP contribution in [0.4, 0.5) is 10.1 Å². The molecular weight excluding hydrogens is 529 g/mol. The first kappa shape index (κ1) is 30.8. The van der Waals surface area contributed by atoms with Gasteiger partial charge in [-0.3, -0.25) is 13.9 Å². The first-order valence-corrected chi connectivity index (χ1v) is 14.9. The van der Waals surface area contributed by atoms with Gasteiger partial charge in [-0.25, -0.2) is 12.8 Å². The van der Waals surface area contributed by atoms with Gasteiger partial charge in [-0.1, -0.05) is 60.7 Å². The Morgan fingerprint density at radius 1 is 0.925 bits per heavy atom. The van der Waals surface area contributed by atoms with Gasteiger partial charge in [0.1, 0.15) is 18.4 Å².